The molecule has 0 N–H and O–H groups in total. The van der Waals surface area contributed by atoms with Crippen LogP contribution in [-0.4, -0.2) is 20.3 Å². The Balaban J connectivity index is 2.21. The molecule has 0 aliphatic heterocycles. The van der Waals surface area contributed by atoms with Gasteiger partial charge in [0.2, 0.25) is 6.08 Å². The number of aliphatic imine (C=N–C) groups is 1. The summed E-state index contributed by atoms with van der Waals surface area (Å²) in [6.45, 7) is 0. The first-order valence-corrected chi connectivity index (χ1v) is 5.51. The molecule has 0 spiro atoms. The Labute approximate surface area is 100 Å². The summed E-state index contributed by atoms with van der Waals surface area (Å²) in [4.78, 5) is 14.3. The summed E-state index contributed by atoms with van der Waals surface area (Å²) in [7, 11) is 3.20. The molecule has 4 nitrogen and oxygen atoms in total. The summed E-state index contributed by atoms with van der Waals surface area (Å²) in [5.41, 5.74) is 1.69. The van der Waals surface area contributed by atoms with E-state index in [1.165, 1.54) is 0 Å². The molecule has 0 unspecified atom stereocenters. The molecule has 0 aromatic heterocycles. The number of methoxy groups -OCH3 is 2. The Bertz CT molecular complexity index is 426. The highest BCUT2D eigenvalue weighted by molar-refractivity contribution is 5.41. The van der Waals surface area contributed by atoms with E-state index in [2.05, 4.69) is 4.99 Å². The number of rotatable bonds is 5. The average molecular weight is 233 g/mol. The highest BCUT2D eigenvalue weighted by Crippen LogP contribution is 2.49. The Kier molecular flexibility index (Phi) is 3.38. The Morgan fingerprint density at radius 2 is 1.82 bits per heavy atom. The molecule has 0 radical (unpaired) electrons. The van der Waals surface area contributed by atoms with Gasteiger partial charge < -0.3 is 9.47 Å². The number of carbonyl (C=O) groups excluding carboxylic acids is 1. The van der Waals surface area contributed by atoms with Crippen molar-refractivity contribution in [3.63, 3.8) is 0 Å². The second-order valence-corrected chi connectivity index (χ2v) is 4.16. The summed E-state index contributed by atoms with van der Waals surface area (Å²) in [6, 6.07) is 7.81. The van der Waals surface area contributed by atoms with Crippen LogP contribution >= 0.6 is 0 Å². The molecule has 1 saturated carbocycles. The van der Waals surface area contributed by atoms with Crippen LogP contribution in [0, 0.1) is 0 Å². The molecule has 4 heteroatoms. The fraction of sp³-hybridized carbons (Fsp3) is 0.462. The lowest BCUT2D eigenvalue weighted by molar-refractivity contribution is -0.106. The molecule has 17 heavy (non-hydrogen) atoms. The highest BCUT2D eigenvalue weighted by Gasteiger charge is 2.44. The molecule has 0 amide bonds. The molecule has 2 rings (SSSR count). The van der Waals surface area contributed by atoms with Crippen LogP contribution in [0.5, 0.6) is 0 Å². The van der Waals surface area contributed by atoms with Crippen molar-refractivity contribution in [2.75, 3.05) is 14.2 Å². The molecule has 1 fully saturated rings. The summed E-state index contributed by atoms with van der Waals surface area (Å²) in [5, 5.41) is 0. The van der Waals surface area contributed by atoms with Gasteiger partial charge >= 0.3 is 0 Å². The van der Waals surface area contributed by atoms with Crippen molar-refractivity contribution < 1.29 is 14.3 Å². The fourth-order valence-corrected chi connectivity index (χ4v) is 1.99. The maximum Gasteiger partial charge on any atom is 0.235 e. The molecule has 0 saturated heterocycles. The van der Waals surface area contributed by atoms with Crippen LogP contribution in [0.4, 0.5) is 0 Å². The van der Waals surface area contributed by atoms with E-state index in [9.17, 15) is 4.79 Å². The van der Waals surface area contributed by atoms with Crippen molar-refractivity contribution in [3.8, 4) is 0 Å². The van der Waals surface area contributed by atoms with Crippen LogP contribution in [0.2, 0.25) is 0 Å². The molecule has 0 bridgehead atoms. The highest BCUT2D eigenvalue weighted by atomic mass is 16.7. The maximum atomic E-state index is 10.4. The van der Waals surface area contributed by atoms with Crippen LogP contribution in [0.15, 0.2) is 29.3 Å². The predicted octanol–water partition coefficient (Wildman–Crippen LogP) is 2.30. The van der Waals surface area contributed by atoms with E-state index < -0.39 is 0 Å². The van der Waals surface area contributed by atoms with Gasteiger partial charge in [-0.3, -0.25) is 0 Å². The van der Waals surface area contributed by atoms with E-state index in [4.69, 9.17) is 9.47 Å². The normalized spacial score (nSPS) is 16.6. The van der Waals surface area contributed by atoms with Crippen molar-refractivity contribution in [3.05, 3.63) is 35.4 Å². The fourth-order valence-electron chi connectivity index (χ4n) is 1.99. The first-order chi connectivity index (χ1) is 8.25. The quantitative estimate of drug-likeness (QED) is 0.445. The third-order valence-electron chi connectivity index (χ3n) is 3.13. The number of benzene rings is 1. The largest absolute Gasteiger partial charge is 0.352 e. The van der Waals surface area contributed by atoms with Crippen LogP contribution in [0.25, 0.3) is 0 Å². The van der Waals surface area contributed by atoms with Crippen LogP contribution in [0.1, 0.15) is 30.3 Å². The van der Waals surface area contributed by atoms with Gasteiger partial charge in [0.15, 0.2) is 6.29 Å². The molecular weight excluding hydrogens is 218 g/mol. The van der Waals surface area contributed by atoms with Crippen molar-refractivity contribution in [1.29, 1.82) is 0 Å². The minimum Gasteiger partial charge on any atom is -0.352 e. The second-order valence-electron chi connectivity index (χ2n) is 4.16. The van der Waals surface area contributed by atoms with Crippen molar-refractivity contribution in [1.82, 2.24) is 0 Å². The lowest BCUT2D eigenvalue weighted by atomic mass is 10.0. The lowest BCUT2D eigenvalue weighted by Crippen LogP contribution is -2.06. The minimum atomic E-state index is -0.353. The standard InChI is InChI=1S/C13H15NO3/c1-16-12(17-2)10-3-5-11(6-4-10)13(7-8-13)14-9-15/h3-6,12H,7-8H2,1-2H3. The average Bonchev–Trinajstić information content (AvgIpc) is 3.13. The lowest BCUT2D eigenvalue weighted by Gasteiger charge is -2.15. The summed E-state index contributed by atoms with van der Waals surface area (Å²) in [6.07, 6.45) is 3.13. The zero-order valence-corrected chi connectivity index (χ0v) is 9.97. The van der Waals surface area contributed by atoms with Crippen molar-refractivity contribution >= 4 is 6.08 Å². The van der Waals surface area contributed by atoms with Gasteiger partial charge in [0.05, 0.1) is 5.54 Å². The number of isocyanates is 1. The van der Waals surface area contributed by atoms with Crippen molar-refractivity contribution in [2.45, 2.75) is 24.7 Å². The van der Waals surface area contributed by atoms with Gasteiger partial charge in [-0.05, 0) is 18.4 Å². The number of hydrogen-bond donors (Lipinski definition) is 0. The van der Waals surface area contributed by atoms with Crippen molar-refractivity contribution in [2.24, 2.45) is 4.99 Å². The third-order valence-corrected chi connectivity index (χ3v) is 3.13. The van der Waals surface area contributed by atoms with E-state index in [-0.39, 0.29) is 11.8 Å². The molecular formula is C13H15NO3. The van der Waals surface area contributed by atoms with E-state index in [0.717, 1.165) is 24.0 Å². The maximum absolute atomic E-state index is 10.4. The summed E-state index contributed by atoms with van der Waals surface area (Å²) in [5.74, 6) is 0. The first kappa shape index (κ1) is 12.0. The number of ether oxygens (including phenoxy) is 2. The number of hydrogen-bond acceptors (Lipinski definition) is 4. The predicted molar refractivity (Wildman–Crippen MR) is 62.2 cm³/mol. The van der Waals surface area contributed by atoms with E-state index in [1.807, 2.05) is 24.3 Å². The molecule has 0 heterocycles. The minimum absolute atomic E-state index is 0.310. The first-order valence-electron chi connectivity index (χ1n) is 5.51. The zero-order valence-electron chi connectivity index (χ0n) is 9.97. The topological polar surface area (TPSA) is 47.9 Å². The van der Waals surface area contributed by atoms with Gasteiger partial charge in [-0.15, -0.1) is 0 Å². The van der Waals surface area contributed by atoms with Gasteiger partial charge in [-0.2, -0.15) is 4.99 Å². The van der Waals surface area contributed by atoms with Gasteiger partial charge in [0.1, 0.15) is 0 Å². The molecule has 1 aliphatic carbocycles. The Morgan fingerprint density at radius 3 is 2.24 bits per heavy atom. The van der Waals surface area contributed by atoms with Crippen LogP contribution in [-0.2, 0) is 19.8 Å². The summed E-state index contributed by atoms with van der Waals surface area (Å²) < 4.78 is 10.3. The third kappa shape index (κ3) is 2.29. The summed E-state index contributed by atoms with van der Waals surface area (Å²) >= 11 is 0. The SMILES string of the molecule is COC(OC)c1ccc(C2(N=C=O)CC2)cc1. The Hall–Kier alpha value is -1.48. The van der Waals surface area contributed by atoms with Gasteiger partial charge in [-0.1, -0.05) is 24.3 Å². The van der Waals surface area contributed by atoms with E-state index in [1.54, 1.807) is 20.3 Å². The molecule has 1 aromatic rings. The van der Waals surface area contributed by atoms with E-state index in [0.29, 0.717) is 0 Å². The smallest absolute Gasteiger partial charge is 0.235 e. The molecule has 90 valence electrons. The van der Waals surface area contributed by atoms with Crippen LogP contribution in [0.3, 0.4) is 0 Å². The van der Waals surface area contributed by atoms with E-state index >= 15 is 0 Å². The number of nitrogens with zero attached hydrogens (tertiary/aromatic N) is 1. The van der Waals surface area contributed by atoms with Crippen LogP contribution < -0.4 is 0 Å². The van der Waals surface area contributed by atoms with Gasteiger partial charge in [0, 0.05) is 19.8 Å². The van der Waals surface area contributed by atoms with Gasteiger partial charge in [-0.25, -0.2) is 4.79 Å². The molecule has 1 aromatic carbocycles. The Morgan fingerprint density at radius 1 is 1.24 bits per heavy atom. The second kappa shape index (κ2) is 4.80. The van der Waals surface area contributed by atoms with Gasteiger partial charge in [0.25, 0.3) is 0 Å². The molecule has 0 atom stereocenters. The zero-order chi connectivity index (χ0) is 12.3. The monoisotopic (exact) mass is 233 g/mol. The molecule has 1 aliphatic rings.